The third-order valence-corrected chi connectivity index (χ3v) is 4.70. The molecule has 0 aromatic rings. The minimum Gasteiger partial charge on any atom is -0.375 e. The maximum atomic E-state index is 6.27. The summed E-state index contributed by atoms with van der Waals surface area (Å²) in [5, 5.41) is 0. The molecule has 0 aromatic heterocycles. The lowest BCUT2D eigenvalue weighted by Gasteiger charge is -2.48. The summed E-state index contributed by atoms with van der Waals surface area (Å²) >= 11 is 1.90. The van der Waals surface area contributed by atoms with Crippen LogP contribution in [-0.4, -0.2) is 30.3 Å². The summed E-state index contributed by atoms with van der Waals surface area (Å²) in [7, 11) is 0. The van der Waals surface area contributed by atoms with Crippen LogP contribution in [-0.2, 0) is 4.74 Å². The fraction of sp³-hybridized carbons (Fsp3) is 1.00. The zero-order chi connectivity index (χ0) is 10.7. The molecule has 0 bridgehead atoms. The van der Waals surface area contributed by atoms with Gasteiger partial charge in [0.25, 0.3) is 0 Å². The van der Waals surface area contributed by atoms with Gasteiger partial charge in [-0.1, -0.05) is 0 Å². The normalized spacial score (nSPS) is 31.2. The Bertz CT molecular complexity index is 206. The number of rotatable bonds is 4. The van der Waals surface area contributed by atoms with Gasteiger partial charge in [-0.25, -0.2) is 0 Å². The van der Waals surface area contributed by atoms with E-state index in [1.54, 1.807) is 0 Å². The maximum Gasteiger partial charge on any atom is 0.0685 e. The fourth-order valence-electron chi connectivity index (χ4n) is 2.84. The van der Waals surface area contributed by atoms with Crippen molar-refractivity contribution in [3.05, 3.63) is 0 Å². The van der Waals surface area contributed by atoms with Crippen molar-refractivity contribution in [2.45, 2.75) is 50.2 Å². The molecule has 1 saturated heterocycles. The van der Waals surface area contributed by atoms with Crippen molar-refractivity contribution < 1.29 is 4.74 Å². The SMILES string of the molecule is CSCCC(N)C1CCOC2(CCC2)C1. The van der Waals surface area contributed by atoms with E-state index in [1.807, 2.05) is 11.8 Å². The highest BCUT2D eigenvalue weighted by molar-refractivity contribution is 7.98. The van der Waals surface area contributed by atoms with Crippen LogP contribution in [0.5, 0.6) is 0 Å². The molecule has 3 heteroatoms. The van der Waals surface area contributed by atoms with Crippen molar-refractivity contribution in [2.24, 2.45) is 11.7 Å². The smallest absolute Gasteiger partial charge is 0.0685 e. The van der Waals surface area contributed by atoms with Crippen LogP contribution < -0.4 is 5.73 Å². The second kappa shape index (κ2) is 5.07. The molecular formula is C12H23NOS. The van der Waals surface area contributed by atoms with Crippen LogP contribution in [0.1, 0.15) is 38.5 Å². The highest BCUT2D eigenvalue weighted by Crippen LogP contribution is 2.45. The standard InChI is InChI=1S/C12H23NOS/c1-15-8-4-11(13)10-3-7-14-12(9-10)5-2-6-12/h10-11H,2-9,13H2,1H3. The van der Waals surface area contributed by atoms with Crippen molar-refractivity contribution in [3.63, 3.8) is 0 Å². The van der Waals surface area contributed by atoms with E-state index in [4.69, 9.17) is 10.5 Å². The Labute approximate surface area is 97.3 Å². The predicted molar refractivity (Wildman–Crippen MR) is 66.2 cm³/mol. The summed E-state index contributed by atoms with van der Waals surface area (Å²) in [6, 6.07) is 0.402. The molecule has 2 nitrogen and oxygen atoms in total. The van der Waals surface area contributed by atoms with Crippen molar-refractivity contribution in [1.82, 2.24) is 0 Å². The first-order valence-corrected chi connectivity index (χ1v) is 7.54. The molecule has 0 amide bonds. The topological polar surface area (TPSA) is 35.2 Å². The third-order valence-electron chi connectivity index (χ3n) is 4.06. The van der Waals surface area contributed by atoms with Gasteiger partial charge in [0.15, 0.2) is 0 Å². The second-order valence-corrected chi connectivity index (χ2v) is 6.07. The van der Waals surface area contributed by atoms with Gasteiger partial charge in [-0.15, -0.1) is 0 Å². The average Bonchev–Trinajstić information content (AvgIpc) is 2.24. The van der Waals surface area contributed by atoms with Crippen LogP contribution in [0.15, 0.2) is 0 Å². The van der Waals surface area contributed by atoms with Crippen molar-refractivity contribution in [1.29, 1.82) is 0 Å². The monoisotopic (exact) mass is 229 g/mol. The zero-order valence-electron chi connectivity index (χ0n) is 9.71. The molecule has 2 N–H and O–H groups in total. The lowest BCUT2D eigenvalue weighted by molar-refractivity contribution is -0.145. The summed E-state index contributed by atoms with van der Waals surface area (Å²) in [6.45, 7) is 0.942. The van der Waals surface area contributed by atoms with Gasteiger partial charge in [0.05, 0.1) is 5.60 Å². The lowest BCUT2D eigenvalue weighted by atomic mass is 9.70. The van der Waals surface area contributed by atoms with E-state index in [2.05, 4.69) is 6.26 Å². The predicted octanol–water partition coefficient (Wildman–Crippen LogP) is 2.42. The van der Waals surface area contributed by atoms with Crippen LogP contribution in [0.4, 0.5) is 0 Å². The molecule has 1 aliphatic carbocycles. The average molecular weight is 229 g/mol. The first kappa shape index (κ1) is 11.7. The Balaban J connectivity index is 1.81. The highest BCUT2D eigenvalue weighted by Gasteiger charge is 2.43. The number of ether oxygens (including phenoxy) is 1. The highest BCUT2D eigenvalue weighted by atomic mass is 32.2. The summed E-state index contributed by atoms with van der Waals surface area (Å²) in [5.74, 6) is 1.91. The van der Waals surface area contributed by atoms with Gasteiger partial charge >= 0.3 is 0 Å². The number of nitrogens with two attached hydrogens (primary N) is 1. The quantitative estimate of drug-likeness (QED) is 0.804. The molecule has 88 valence electrons. The fourth-order valence-corrected chi connectivity index (χ4v) is 3.35. The number of hydrogen-bond donors (Lipinski definition) is 1. The molecule has 2 fully saturated rings. The van der Waals surface area contributed by atoms with Crippen LogP contribution in [0.25, 0.3) is 0 Å². The molecule has 1 spiro atoms. The summed E-state index contributed by atoms with van der Waals surface area (Å²) < 4.78 is 5.93. The Morgan fingerprint density at radius 1 is 1.53 bits per heavy atom. The molecule has 2 unspecified atom stereocenters. The van der Waals surface area contributed by atoms with Crippen molar-refractivity contribution >= 4 is 11.8 Å². The third kappa shape index (κ3) is 2.69. The molecule has 0 radical (unpaired) electrons. The minimum atomic E-state index is 0.264. The number of hydrogen-bond acceptors (Lipinski definition) is 3. The number of thioether (sulfide) groups is 1. The van der Waals surface area contributed by atoms with Gasteiger partial charge in [0, 0.05) is 12.6 Å². The van der Waals surface area contributed by atoms with Gasteiger partial charge in [0.2, 0.25) is 0 Å². The molecule has 1 aliphatic heterocycles. The molecule has 1 heterocycles. The van der Waals surface area contributed by atoms with Crippen LogP contribution in [0.2, 0.25) is 0 Å². The Kier molecular flexibility index (Phi) is 3.97. The molecule has 2 aliphatic rings. The second-order valence-electron chi connectivity index (χ2n) is 5.08. The van der Waals surface area contributed by atoms with E-state index in [-0.39, 0.29) is 5.60 Å². The van der Waals surface area contributed by atoms with E-state index in [1.165, 1.54) is 44.3 Å². The Morgan fingerprint density at radius 2 is 2.33 bits per heavy atom. The largest absolute Gasteiger partial charge is 0.375 e. The molecule has 2 atom stereocenters. The minimum absolute atomic E-state index is 0.264. The summed E-state index contributed by atoms with van der Waals surface area (Å²) in [6.07, 6.45) is 9.64. The Morgan fingerprint density at radius 3 is 2.93 bits per heavy atom. The first-order chi connectivity index (χ1) is 7.26. The van der Waals surface area contributed by atoms with Crippen LogP contribution in [0.3, 0.4) is 0 Å². The van der Waals surface area contributed by atoms with Gasteiger partial charge in [0.1, 0.15) is 0 Å². The van der Waals surface area contributed by atoms with Crippen LogP contribution >= 0.6 is 11.8 Å². The van der Waals surface area contributed by atoms with E-state index in [9.17, 15) is 0 Å². The van der Waals surface area contributed by atoms with E-state index in [0.717, 1.165) is 6.61 Å². The summed E-state index contributed by atoms with van der Waals surface area (Å²) in [5.41, 5.74) is 6.53. The van der Waals surface area contributed by atoms with Gasteiger partial charge in [-0.05, 0) is 56.5 Å². The molecule has 1 saturated carbocycles. The maximum absolute atomic E-state index is 6.27. The van der Waals surface area contributed by atoms with Crippen molar-refractivity contribution in [3.8, 4) is 0 Å². The molecule has 0 aromatic carbocycles. The molecule has 15 heavy (non-hydrogen) atoms. The molecule has 2 rings (SSSR count). The van der Waals surface area contributed by atoms with Crippen molar-refractivity contribution in [2.75, 3.05) is 18.6 Å². The molecular weight excluding hydrogens is 206 g/mol. The van der Waals surface area contributed by atoms with E-state index in [0.29, 0.717) is 12.0 Å². The summed E-state index contributed by atoms with van der Waals surface area (Å²) in [4.78, 5) is 0. The van der Waals surface area contributed by atoms with Crippen LogP contribution in [0, 0.1) is 5.92 Å². The van der Waals surface area contributed by atoms with E-state index >= 15 is 0 Å². The van der Waals surface area contributed by atoms with Gasteiger partial charge in [-0.3, -0.25) is 0 Å². The lowest BCUT2D eigenvalue weighted by Crippen LogP contribution is -2.49. The first-order valence-electron chi connectivity index (χ1n) is 6.14. The zero-order valence-corrected chi connectivity index (χ0v) is 10.5. The Hall–Kier alpha value is 0.270. The van der Waals surface area contributed by atoms with E-state index < -0.39 is 0 Å². The van der Waals surface area contributed by atoms with Gasteiger partial charge in [-0.2, -0.15) is 11.8 Å². The van der Waals surface area contributed by atoms with Gasteiger partial charge < -0.3 is 10.5 Å².